The van der Waals surface area contributed by atoms with Crippen molar-refractivity contribution in [1.29, 1.82) is 0 Å². The predicted molar refractivity (Wildman–Crippen MR) is 130 cm³/mol. The van der Waals surface area contributed by atoms with Gasteiger partial charge in [-0.25, -0.2) is 0 Å². The standard InChI is InChI=1S/C27H29N3O3/c1-18(25(32)28-27(2,3)4)29(16-19-10-6-5-7-11-19)23(31)17-30-22-15-9-13-20-12-8-14-21(24(20)22)26(30)33/h5-15,18H,16-17H2,1-4H3,(H,28,32). The number of hydrogen-bond donors (Lipinski definition) is 1. The number of benzene rings is 3. The fraction of sp³-hybridized carbons (Fsp3) is 0.296. The summed E-state index contributed by atoms with van der Waals surface area (Å²) in [5, 5.41) is 4.79. The van der Waals surface area contributed by atoms with Crippen LogP contribution in [0.25, 0.3) is 10.8 Å². The van der Waals surface area contributed by atoms with Gasteiger partial charge >= 0.3 is 0 Å². The maximum atomic E-state index is 13.6. The van der Waals surface area contributed by atoms with E-state index in [2.05, 4.69) is 5.32 Å². The summed E-state index contributed by atoms with van der Waals surface area (Å²) < 4.78 is 0. The third kappa shape index (κ3) is 4.60. The molecule has 4 rings (SSSR count). The lowest BCUT2D eigenvalue weighted by molar-refractivity contribution is -0.140. The zero-order valence-electron chi connectivity index (χ0n) is 19.5. The van der Waals surface area contributed by atoms with Crippen LogP contribution in [-0.2, 0) is 16.1 Å². The smallest absolute Gasteiger partial charge is 0.259 e. The molecule has 0 bridgehead atoms. The van der Waals surface area contributed by atoms with Gasteiger partial charge in [0, 0.05) is 23.0 Å². The molecule has 1 unspecified atom stereocenters. The van der Waals surface area contributed by atoms with Gasteiger partial charge in [-0.3, -0.25) is 19.3 Å². The lowest BCUT2D eigenvalue weighted by atomic mass is 10.1. The van der Waals surface area contributed by atoms with E-state index in [1.54, 1.807) is 17.9 Å². The molecule has 1 aliphatic rings. The number of nitrogens with one attached hydrogen (secondary N) is 1. The number of nitrogens with zero attached hydrogens (tertiary/aromatic N) is 2. The number of carbonyl (C=O) groups is 3. The van der Waals surface area contributed by atoms with Gasteiger partial charge in [0.05, 0.1) is 5.69 Å². The molecule has 170 valence electrons. The highest BCUT2D eigenvalue weighted by Crippen LogP contribution is 2.37. The number of hydrogen-bond acceptors (Lipinski definition) is 3. The first-order chi connectivity index (χ1) is 15.7. The van der Waals surface area contributed by atoms with Crippen LogP contribution in [-0.4, -0.2) is 40.7 Å². The van der Waals surface area contributed by atoms with Crippen LogP contribution in [0.1, 0.15) is 43.6 Å². The van der Waals surface area contributed by atoms with E-state index in [1.807, 2.05) is 81.4 Å². The lowest BCUT2D eigenvalue weighted by Crippen LogP contribution is -2.54. The summed E-state index contributed by atoms with van der Waals surface area (Å²) in [7, 11) is 0. The molecule has 0 aliphatic carbocycles. The quantitative estimate of drug-likeness (QED) is 0.623. The Morgan fingerprint density at radius 2 is 1.64 bits per heavy atom. The highest BCUT2D eigenvalue weighted by Gasteiger charge is 2.34. The van der Waals surface area contributed by atoms with E-state index in [9.17, 15) is 14.4 Å². The van der Waals surface area contributed by atoms with Gasteiger partial charge in [0.2, 0.25) is 11.8 Å². The van der Waals surface area contributed by atoms with E-state index >= 15 is 0 Å². The van der Waals surface area contributed by atoms with Crippen LogP contribution in [0.5, 0.6) is 0 Å². The SMILES string of the molecule is CC(C(=O)NC(C)(C)C)N(Cc1ccccc1)C(=O)CN1C(=O)c2cccc3cccc1c23. The van der Waals surface area contributed by atoms with Crippen molar-refractivity contribution in [3.8, 4) is 0 Å². The fourth-order valence-corrected chi connectivity index (χ4v) is 4.20. The molecule has 0 saturated carbocycles. The number of rotatable bonds is 6. The Kier molecular flexibility index (Phi) is 5.93. The molecule has 3 aromatic carbocycles. The fourth-order valence-electron chi connectivity index (χ4n) is 4.20. The van der Waals surface area contributed by atoms with Crippen LogP contribution in [0.4, 0.5) is 5.69 Å². The Morgan fingerprint density at radius 1 is 0.970 bits per heavy atom. The van der Waals surface area contributed by atoms with Gasteiger partial charge in [-0.1, -0.05) is 54.6 Å². The molecule has 3 amide bonds. The molecule has 1 atom stereocenters. The van der Waals surface area contributed by atoms with Crippen molar-refractivity contribution in [3.05, 3.63) is 77.9 Å². The second-order valence-corrected chi connectivity index (χ2v) is 9.49. The van der Waals surface area contributed by atoms with Crippen molar-refractivity contribution >= 4 is 34.2 Å². The largest absolute Gasteiger partial charge is 0.350 e. The molecule has 33 heavy (non-hydrogen) atoms. The van der Waals surface area contributed by atoms with Gasteiger partial charge in [0.1, 0.15) is 12.6 Å². The van der Waals surface area contributed by atoms with Crippen molar-refractivity contribution in [1.82, 2.24) is 10.2 Å². The third-order valence-electron chi connectivity index (χ3n) is 5.80. The van der Waals surface area contributed by atoms with Crippen LogP contribution < -0.4 is 10.2 Å². The Bertz CT molecular complexity index is 1210. The van der Waals surface area contributed by atoms with Crippen molar-refractivity contribution in [2.24, 2.45) is 0 Å². The normalized spacial score (nSPS) is 13.8. The van der Waals surface area contributed by atoms with Crippen molar-refractivity contribution in [3.63, 3.8) is 0 Å². The van der Waals surface area contributed by atoms with E-state index < -0.39 is 11.6 Å². The average molecular weight is 444 g/mol. The summed E-state index contributed by atoms with van der Waals surface area (Å²) >= 11 is 0. The Balaban J connectivity index is 1.62. The van der Waals surface area contributed by atoms with Gasteiger partial charge in [-0.15, -0.1) is 0 Å². The molecule has 1 N–H and O–H groups in total. The maximum Gasteiger partial charge on any atom is 0.259 e. The summed E-state index contributed by atoms with van der Waals surface area (Å²) in [4.78, 5) is 42.8. The number of anilines is 1. The maximum absolute atomic E-state index is 13.6. The molecule has 0 saturated heterocycles. The minimum absolute atomic E-state index is 0.132. The third-order valence-corrected chi connectivity index (χ3v) is 5.80. The van der Waals surface area contributed by atoms with E-state index in [-0.39, 0.29) is 30.8 Å². The highest BCUT2D eigenvalue weighted by atomic mass is 16.2. The van der Waals surface area contributed by atoms with Gasteiger partial charge < -0.3 is 10.2 Å². The molecule has 0 radical (unpaired) electrons. The van der Waals surface area contributed by atoms with E-state index in [0.717, 1.165) is 22.0 Å². The molecule has 0 aromatic heterocycles. The van der Waals surface area contributed by atoms with Crippen LogP contribution in [0.3, 0.4) is 0 Å². The molecular weight excluding hydrogens is 414 g/mol. The number of amides is 3. The van der Waals surface area contributed by atoms with Gasteiger partial charge in [-0.2, -0.15) is 0 Å². The van der Waals surface area contributed by atoms with Gasteiger partial charge in [-0.05, 0) is 50.8 Å². The molecular formula is C27H29N3O3. The van der Waals surface area contributed by atoms with E-state index in [0.29, 0.717) is 5.56 Å². The zero-order chi connectivity index (χ0) is 23.8. The van der Waals surface area contributed by atoms with Crippen LogP contribution in [0.2, 0.25) is 0 Å². The topological polar surface area (TPSA) is 69.7 Å². The first-order valence-electron chi connectivity index (χ1n) is 11.1. The Morgan fingerprint density at radius 3 is 2.30 bits per heavy atom. The molecule has 0 fully saturated rings. The van der Waals surface area contributed by atoms with Crippen molar-refractivity contribution in [2.75, 3.05) is 11.4 Å². The van der Waals surface area contributed by atoms with Crippen molar-refractivity contribution in [2.45, 2.75) is 45.8 Å². The molecule has 1 heterocycles. The van der Waals surface area contributed by atoms with Crippen molar-refractivity contribution < 1.29 is 14.4 Å². The molecule has 1 aliphatic heterocycles. The molecule has 6 heteroatoms. The first kappa shape index (κ1) is 22.5. The number of carbonyl (C=O) groups excluding carboxylic acids is 3. The molecule has 0 spiro atoms. The monoisotopic (exact) mass is 443 g/mol. The lowest BCUT2D eigenvalue weighted by Gasteiger charge is -2.32. The van der Waals surface area contributed by atoms with E-state index in [4.69, 9.17) is 0 Å². The highest BCUT2D eigenvalue weighted by molar-refractivity contribution is 6.26. The first-order valence-corrected chi connectivity index (χ1v) is 11.1. The second-order valence-electron chi connectivity index (χ2n) is 9.49. The average Bonchev–Trinajstić information content (AvgIpc) is 3.04. The molecule has 3 aromatic rings. The summed E-state index contributed by atoms with van der Waals surface area (Å²) in [5.41, 5.74) is 1.82. The van der Waals surface area contributed by atoms with Crippen LogP contribution >= 0.6 is 0 Å². The minimum Gasteiger partial charge on any atom is -0.350 e. The predicted octanol–water partition coefficient (Wildman–Crippen LogP) is 4.13. The van der Waals surface area contributed by atoms with Crippen LogP contribution in [0.15, 0.2) is 66.7 Å². The summed E-state index contributed by atoms with van der Waals surface area (Å²) in [6.07, 6.45) is 0. The van der Waals surface area contributed by atoms with Crippen LogP contribution in [0, 0.1) is 0 Å². The van der Waals surface area contributed by atoms with E-state index in [1.165, 1.54) is 4.90 Å². The van der Waals surface area contributed by atoms with Gasteiger partial charge in [0.15, 0.2) is 0 Å². The van der Waals surface area contributed by atoms with Gasteiger partial charge in [0.25, 0.3) is 5.91 Å². The zero-order valence-corrected chi connectivity index (χ0v) is 19.5. The second kappa shape index (κ2) is 8.70. The minimum atomic E-state index is -0.701. The summed E-state index contributed by atoms with van der Waals surface area (Å²) in [6, 6.07) is 20.2. The summed E-state index contributed by atoms with van der Waals surface area (Å²) in [5.74, 6) is -0.708. The molecule has 6 nitrogen and oxygen atoms in total. The Hall–Kier alpha value is -3.67. The Labute approximate surface area is 194 Å². The summed E-state index contributed by atoms with van der Waals surface area (Å²) in [6.45, 7) is 7.58.